The number of para-hydroxylation sites is 1. The highest BCUT2D eigenvalue weighted by molar-refractivity contribution is 6.09. The van der Waals surface area contributed by atoms with Gasteiger partial charge < -0.3 is 10.1 Å². The summed E-state index contributed by atoms with van der Waals surface area (Å²) in [6.45, 7) is 2.10. The van der Waals surface area contributed by atoms with E-state index in [1.54, 1.807) is 13.2 Å². The molecule has 4 heteroatoms. The minimum absolute atomic E-state index is 0.00926. The van der Waals surface area contributed by atoms with Crippen molar-refractivity contribution in [1.82, 2.24) is 4.98 Å². The molecular formula is C19H18N2O2. The van der Waals surface area contributed by atoms with Gasteiger partial charge in [0.25, 0.3) is 5.91 Å². The first-order valence-corrected chi connectivity index (χ1v) is 7.55. The summed E-state index contributed by atoms with van der Waals surface area (Å²) in [7, 11) is 1.68. The Morgan fingerprint density at radius 3 is 2.61 bits per heavy atom. The van der Waals surface area contributed by atoms with E-state index >= 15 is 0 Å². The van der Waals surface area contributed by atoms with Crippen molar-refractivity contribution >= 4 is 22.5 Å². The molecule has 0 saturated carbocycles. The van der Waals surface area contributed by atoms with Gasteiger partial charge in [0.1, 0.15) is 11.3 Å². The third-order valence-electron chi connectivity index (χ3n) is 3.71. The fourth-order valence-electron chi connectivity index (χ4n) is 2.46. The molecule has 0 radical (unpaired) electrons. The van der Waals surface area contributed by atoms with Gasteiger partial charge in [-0.1, -0.05) is 31.2 Å². The molecule has 0 spiro atoms. The van der Waals surface area contributed by atoms with Crippen molar-refractivity contribution in [1.29, 1.82) is 0 Å². The molecule has 2 bridgehead atoms. The van der Waals surface area contributed by atoms with Gasteiger partial charge in [0.05, 0.1) is 7.11 Å². The molecule has 4 rings (SSSR count). The number of aryl methyl sites for hydroxylation is 1. The molecule has 23 heavy (non-hydrogen) atoms. The van der Waals surface area contributed by atoms with E-state index in [-0.39, 0.29) is 5.91 Å². The summed E-state index contributed by atoms with van der Waals surface area (Å²) in [5, 5.41) is 3.81. The Morgan fingerprint density at radius 1 is 1.09 bits per heavy atom. The number of anilines is 1. The zero-order chi connectivity index (χ0) is 16.2. The second-order valence-electron chi connectivity index (χ2n) is 5.22. The van der Waals surface area contributed by atoms with Gasteiger partial charge in [-0.3, -0.25) is 4.79 Å². The number of carbonyl (C=O) groups excluding carboxylic acids is 1. The quantitative estimate of drug-likeness (QED) is 0.777. The fraction of sp³-hybridized carbons (Fsp3) is 0.158. The summed E-state index contributed by atoms with van der Waals surface area (Å²) >= 11 is 0. The molecule has 1 amide bonds. The average molecular weight is 306 g/mol. The third-order valence-corrected chi connectivity index (χ3v) is 3.71. The lowest BCUT2D eigenvalue weighted by Crippen LogP contribution is -2.02. The second-order valence-corrected chi connectivity index (χ2v) is 5.22. The van der Waals surface area contributed by atoms with Crippen LogP contribution >= 0.6 is 0 Å². The molecule has 1 aliphatic rings. The van der Waals surface area contributed by atoms with Crippen molar-refractivity contribution in [2.24, 2.45) is 0 Å². The van der Waals surface area contributed by atoms with Crippen LogP contribution in [0.25, 0.3) is 10.9 Å². The first kappa shape index (κ1) is 15.0. The van der Waals surface area contributed by atoms with Gasteiger partial charge in [0.15, 0.2) is 0 Å². The first-order valence-electron chi connectivity index (χ1n) is 7.55. The lowest BCUT2D eigenvalue weighted by molar-refractivity contribution is 0.103. The monoisotopic (exact) mass is 306 g/mol. The number of nitrogens with zero attached hydrogens (tertiary/aromatic N) is 1. The van der Waals surface area contributed by atoms with Crippen LogP contribution in [0.4, 0.5) is 5.69 Å². The highest BCUT2D eigenvalue weighted by atomic mass is 16.5. The molecule has 3 aromatic rings. The van der Waals surface area contributed by atoms with E-state index in [9.17, 15) is 4.79 Å². The number of hydrogen-bond acceptors (Lipinski definition) is 3. The maximum Gasteiger partial charge on any atom is 0.255 e. The number of rotatable bonds is 2. The van der Waals surface area contributed by atoms with Crippen molar-refractivity contribution in [2.75, 3.05) is 12.4 Å². The molecule has 4 nitrogen and oxygen atoms in total. The Morgan fingerprint density at radius 2 is 1.91 bits per heavy atom. The molecular weight excluding hydrogens is 288 g/mol. The van der Waals surface area contributed by atoms with Gasteiger partial charge in [0, 0.05) is 22.3 Å². The van der Waals surface area contributed by atoms with Crippen LogP contribution in [0.5, 0.6) is 5.75 Å². The molecule has 0 fully saturated rings. The number of aromatic nitrogens is 1. The predicted molar refractivity (Wildman–Crippen MR) is 92.1 cm³/mol. The predicted octanol–water partition coefficient (Wildman–Crippen LogP) is 4.06. The zero-order valence-electron chi connectivity index (χ0n) is 13.2. The Bertz CT molecular complexity index is 859. The number of carbonyl (C=O) groups is 1. The van der Waals surface area contributed by atoms with Crippen LogP contribution < -0.4 is 10.1 Å². The van der Waals surface area contributed by atoms with Crippen LogP contribution in [-0.2, 0) is 6.42 Å². The zero-order valence-corrected chi connectivity index (χ0v) is 13.2. The number of nitrogens with one attached hydrogen (secondary N) is 1. The van der Waals surface area contributed by atoms with E-state index in [1.807, 2.05) is 36.4 Å². The van der Waals surface area contributed by atoms with Crippen molar-refractivity contribution in [3.8, 4) is 5.75 Å². The van der Waals surface area contributed by atoms with Crippen LogP contribution in [0.1, 0.15) is 23.0 Å². The number of amides is 1. The normalized spacial score (nSPS) is 11.7. The number of methoxy groups -OCH3 is 1. The Hall–Kier alpha value is -2.88. The summed E-state index contributed by atoms with van der Waals surface area (Å²) in [6.07, 6.45) is 0.952. The van der Waals surface area contributed by atoms with Crippen LogP contribution in [0.15, 0.2) is 54.6 Å². The lowest BCUT2D eigenvalue weighted by Gasteiger charge is -2.05. The van der Waals surface area contributed by atoms with Crippen LogP contribution in [0.2, 0.25) is 0 Å². The van der Waals surface area contributed by atoms with Gasteiger partial charge in [0.2, 0.25) is 0 Å². The third kappa shape index (κ3) is 3.16. The number of hydrogen-bond donors (Lipinski definition) is 1. The number of pyridine rings is 1. The van der Waals surface area contributed by atoms with Crippen molar-refractivity contribution in [3.63, 3.8) is 0 Å². The Balaban J connectivity index is 0.000000149. The number of benzene rings is 2. The number of fused-ring (bicyclic) bond motifs is 3. The summed E-state index contributed by atoms with van der Waals surface area (Å²) < 4.78 is 5.26. The Labute approximate surface area is 135 Å². The topological polar surface area (TPSA) is 51.2 Å². The minimum atomic E-state index is 0.00926. The fourth-order valence-corrected chi connectivity index (χ4v) is 2.46. The molecule has 0 saturated heterocycles. The Kier molecular flexibility index (Phi) is 4.24. The second kappa shape index (κ2) is 6.48. The van der Waals surface area contributed by atoms with Gasteiger partial charge in [-0.05, 0) is 36.8 Å². The summed E-state index contributed by atoms with van der Waals surface area (Å²) in [4.78, 5) is 15.3. The van der Waals surface area contributed by atoms with E-state index in [2.05, 4.69) is 29.4 Å². The molecule has 1 N–H and O–H groups in total. The molecule has 0 unspecified atom stereocenters. The average Bonchev–Trinajstić information content (AvgIpc) is 2.86. The SMILES string of the molecule is CCc1ccc2cccc(OC)c2n1.O=C1Nc2cccc1c2. The molecule has 1 aromatic heterocycles. The van der Waals surface area contributed by atoms with Gasteiger partial charge >= 0.3 is 0 Å². The standard InChI is InChI=1S/C12H13NO.C7H5NO/c1-3-10-8-7-9-5-4-6-11(14-2)12(9)13-10;9-7-5-2-1-3-6(4-5)8-7/h4-8H,3H2,1-2H3;1-4H,(H,8,9). The first-order chi connectivity index (χ1) is 11.2. The van der Waals surface area contributed by atoms with Gasteiger partial charge in [-0.25, -0.2) is 4.98 Å². The summed E-state index contributed by atoms with van der Waals surface area (Å²) in [5.74, 6) is 0.854. The van der Waals surface area contributed by atoms with Gasteiger partial charge in [-0.2, -0.15) is 0 Å². The largest absolute Gasteiger partial charge is 0.494 e. The lowest BCUT2D eigenvalue weighted by atomic mass is 10.2. The maximum atomic E-state index is 10.8. The highest BCUT2D eigenvalue weighted by Gasteiger charge is 2.12. The molecule has 1 aliphatic heterocycles. The molecule has 116 valence electrons. The van der Waals surface area contributed by atoms with E-state index in [0.29, 0.717) is 0 Å². The van der Waals surface area contributed by atoms with Crippen LogP contribution in [-0.4, -0.2) is 18.0 Å². The molecule has 2 heterocycles. The minimum Gasteiger partial charge on any atom is -0.494 e. The van der Waals surface area contributed by atoms with E-state index in [4.69, 9.17) is 4.74 Å². The van der Waals surface area contributed by atoms with Crippen molar-refractivity contribution < 1.29 is 9.53 Å². The van der Waals surface area contributed by atoms with E-state index < -0.39 is 0 Å². The summed E-state index contributed by atoms with van der Waals surface area (Å²) in [5.41, 5.74) is 3.71. The number of ether oxygens (including phenoxy) is 1. The van der Waals surface area contributed by atoms with Gasteiger partial charge in [-0.15, -0.1) is 0 Å². The van der Waals surface area contributed by atoms with Crippen LogP contribution in [0, 0.1) is 0 Å². The smallest absolute Gasteiger partial charge is 0.255 e. The van der Waals surface area contributed by atoms with E-state index in [0.717, 1.165) is 40.0 Å². The molecule has 0 atom stereocenters. The summed E-state index contributed by atoms with van der Waals surface area (Å²) in [6, 6.07) is 17.5. The van der Waals surface area contributed by atoms with E-state index in [1.165, 1.54) is 0 Å². The van der Waals surface area contributed by atoms with Crippen LogP contribution in [0.3, 0.4) is 0 Å². The van der Waals surface area contributed by atoms with Crippen molar-refractivity contribution in [3.05, 3.63) is 65.9 Å². The molecule has 2 aromatic carbocycles. The maximum absolute atomic E-state index is 10.8. The molecule has 0 aliphatic carbocycles. The van der Waals surface area contributed by atoms with Crippen molar-refractivity contribution in [2.45, 2.75) is 13.3 Å². The highest BCUT2D eigenvalue weighted by Crippen LogP contribution is 2.23.